The first kappa shape index (κ1) is 25.4. The third-order valence-electron chi connectivity index (χ3n) is 7.15. The number of aromatic nitrogens is 2. The molecule has 1 aromatic carbocycles. The molecule has 0 radical (unpaired) electrons. The second-order valence-electron chi connectivity index (χ2n) is 9.63. The Morgan fingerprint density at radius 3 is 2.57 bits per heavy atom. The number of carbonyl (C=O) groups is 2. The van der Waals surface area contributed by atoms with E-state index in [0.717, 1.165) is 68.2 Å². The molecule has 35 heavy (non-hydrogen) atoms. The molecular weight excluding hydrogens is 456 g/mol. The maximum Gasteiger partial charge on any atom is 0.252 e. The van der Waals surface area contributed by atoms with Gasteiger partial charge in [0.15, 0.2) is 0 Å². The van der Waals surface area contributed by atoms with Crippen molar-refractivity contribution >= 4 is 34.2 Å². The van der Waals surface area contributed by atoms with E-state index in [-0.39, 0.29) is 17.9 Å². The van der Waals surface area contributed by atoms with Gasteiger partial charge in [-0.15, -0.1) is 11.3 Å². The van der Waals surface area contributed by atoms with Gasteiger partial charge < -0.3 is 15.2 Å². The second-order valence-corrected chi connectivity index (χ2v) is 10.7. The number of nitrogens with zero attached hydrogens (tertiary/aromatic N) is 2. The Morgan fingerprint density at radius 2 is 1.91 bits per heavy atom. The van der Waals surface area contributed by atoms with Gasteiger partial charge in [0.2, 0.25) is 5.91 Å². The van der Waals surface area contributed by atoms with E-state index in [9.17, 15) is 9.59 Å². The summed E-state index contributed by atoms with van der Waals surface area (Å²) < 4.78 is 2.35. The Kier molecular flexibility index (Phi) is 8.60. The van der Waals surface area contributed by atoms with Gasteiger partial charge in [0, 0.05) is 28.9 Å². The van der Waals surface area contributed by atoms with Crippen LogP contribution in [0.3, 0.4) is 0 Å². The van der Waals surface area contributed by atoms with E-state index in [0.29, 0.717) is 18.0 Å². The molecule has 2 aromatic heterocycles. The van der Waals surface area contributed by atoms with E-state index in [1.807, 2.05) is 25.1 Å². The number of thiophene rings is 1. The summed E-state index contributed by atoms with van der Waals surface area (Å²) in [5, 5.41) is 8.23. The highest BCUT2D eigenvalue weighted by molar-refractivity contribution is 7.09. The summed E-state index contributed by atoms with van der Waals surface area (Å²) in [4.78, 5) is 32.3. The highest BCUT2D eigenvalue weighted by Gasteiger charge is 2.25. The first-order chi connectivity index (χ1) is 17.0. The van der Waals surface area contributed by atoms with Crippen molar-refractivity contribution in [1.29, 1.82) is 0 Å². The number of benzene rings is 1. The van der Waals surface area contributed by atoms with Crippen molar-refractivity contribution in [3.8, 4) is 0 Å². The number of imidazole rings is 1. The van der Waals surface area contributed by atoms with Crippen molar-refractivity contribution in [3.63, 3.8) is 0 Å². The molecule has 0 saturated heterocycles. The Labute approximate surface area is 212 Å². The number of fused-ring (bicyclic) bond motifs is 1. The number of rotatable bonds is 11. The molecule has 4 rings (SSSR count). The highest BCUT2D eigenvalue weighted by atomic mass is 32.1. The Hall–Kier alpha value is -2.67. The van der Waals surface area contributed by atoms with Gasteiger partial charge in [0.05, 0.1) is 11.0 Å². The van der Waals surface area contributed by atoms with Crippen molar-refractivity contribution in [2.24, 2.45) is 0 Å². The lowest BCUT2D eigenvalue weighted by atomic mass is 10.1. The van der Waals surface area contributed by atoms with Crippen LogP contribution in [0.2, 0.25) is 0 Å². The summed E-state index contributed by atoms with van der Waals surface area (Å²) in [7, 11) is 0. The lowest BCUT2D eigenvalue weighted by Gasteiger charge is -2.21. The van der Waals surface area contributed by atoms with Crippen LogP contribution in [-0.4, -0.2) is 33.4 Å². The topological polar surface area (TPSA) is 76.0 Å². The van der Waals surface area contributed by atoms with Crippen molar-refractivity contribution in [2.45, 2.75) is 96.7 Å². The largest absolute Gasteiger partial charge is 0.352 e. The zero-order chi connectivity index (χ0) is 24.8. The molecule has 7 heteroatoms. The fraction of sp³-hybridized carbons (Fsp3) is 0.536. The number of hydrogen-bond donors (Lipinski definition) is 2. The molecule has 0 spiro atoms. The van der Waals surface area contributed by atoms with Crippen LogP contribution in [0, 0.1) is 0 Å². The quantitative estimate of drug-likeness (QED) is 0.343. The van der Waals surface area contributed by atoms with Gasteiger partial charge >= 0.3 is 0 Å². The summed E-state index contributed by atoms with van der Waals surface area (Å²) >= 11 is 1.74. The van der Waals surface area contributed by atoms with E-state index >= 15 is 0 Å². The van der Waals surface area contributed by atoms with Crippen molar-refractivity contribution < 1.29 is 9.59 Å². The summed E-state index contributed by atoms with van der Waals surface area (Å²) in [6, 6.07) is 10.1. The van der Waals surface area contributed by atoms with E-state index in [2.05, 4.69) is 46.6 Å². The molecule has 188 valence electrons. The van der Waals surface area contributed by atoms with Gasteiger partial charge in [-0.2, -0.15) is 0 Å². The predicted molar refractivity (Wildman–Crippen MR) is 143 cm³/mol. The maximum atomic E-state index is 13.2. The minimum Gasteiger partial charge on any atom is -0.352 e. The van der Waals surface area contributed by atoms with E-state index in [1.54, 1.807) is 11.3 Å². The Balaban J connectivity index is 1.57. The fourth-order valence-corrected chi connectivity index (χ4v) is 5.92. The van der Waals surface area contributed by atoms with Crippen molar-refractivity contribution in [3.05, 3.63) is 52.0 Å². The number of amides is 2. The smallest absolute Gasteiger partial charge is 0.252 e. The fourth-order valence-electron chi connectivity index (χ4n) is 5.22. The molecule has 1 fully saturated rings. The molecule has 6 nitrogen and oxygen atoms in total. The van der Waals surface area contributed by atoms with Gasteiger partial charge in [-0.3, -0.25) is 9.59 Å². The Bertz CT molecular complexity index is 1130. The molecule has 2 amide bonds. The van der Waals surface area contributed by atoms with Gasteiger partial charge in [0.1, 0.15) is 11.9 Å². The number of carbonyl (C=O) groups excluding carboxylic acids is 2. The van der Waals surface area contributed by atoms with Crippen LogP contribution in [0.15, 0.2) is 35.7 Å². The van der Waals surface area contributed by atoms with Crippen LogP contribution in [0.4, 0.5) is 0 Å². The summed E-state index contributed by atoms with van der Waals surface area (Å²) in [5.41, 5.74) is 2.44. The normalized spacial score (nSPS) is 15.1. The van der Waals surface area contributed by atoms with Crippen LogP contribution < -0.4 is 10.6 Å². The average Bonchev–Trinajstić information content (AvgIpc) is 3.62. The van der Waals surface area contributed by atoms with E-state index < -0.39 is 6.04 Å². The van der Waals surface area contributed by atoms with Crippen LogP contribution in [0.5, 0.6) is 0 Å². The van der Waals surface area contributed by atoms with Crippen molar-refractivity contribution in [1.82, 2.24) is 20.2 Å². The second kappa shape index (κ2) is 11.8. The highest BCUT2D eigenvalue weighted by Crippen LogP contribution is 2.28. The van der Waals surface area contributed by atoms with Crippen LogP contribution >= 0.6 is 11.3 Å². The molecule has 1 saturated carbocycles. The zero-order valence-electron chi connectivity index (χ0n) is 21.2. The molecule has 0 aliphatic heterocycles. The van der Waals surface area contributed by atoms with Crippen molar-refractivity contribution in [2.75, 3.05) is 0 Å². The third kappa shape index (κ3) is 5.95. The zero-order valence-corrected chi connectivity index (χ0v) is 22.0. The van der Waals surface area contributed by atoms with Gasteiger partial charge in [-0.1, -0.05) is 46.1 Å². The number of hydrogen-bond acceptors (Lipinski definition) is 4. The summed E-state index contributed by atoms with van der Waals surface area (Å²) in [6.07, 6.45) is 8.66. The summed E-state index contributed by atoms with van der Waals surface area (Å²) in [5.74, 6) is 0.752. The molecule has 3 aromatic rings. The Morgan fingerprint density at radius 1 is 1.14 bits per heavy atom. The molecule has 2 N–H and O–H groups in total. The molecule has 1 aliphatic rings. The minimum absolute atomic E-state index is 0.0653. The molecule has 0 bridgehead atoms. The molecule has 0 unspecified atom stereocenters. The van der Waals surface area contributed by atoms with Crippen LogP contribution in [0.25, 0.3) is 11.0 Å². The van der Waals surface area contributed by atoms with E-state index in [4.69, 9.17) is 4.98 Å². The van der Waals surface area contributed by atoms with Gasteiger partial charge in [0.25, 0.3) is 5.91 Å². The maximum absolute atomic E-state index is 13.2. The number of nitrogens with one attached hydrogen (secondary N) is 2. The molecule has 2 heterocycles. The predicted octanol–water partition coefficient (Wildman–Crippen LogP) is 6.01. The standard InChI is InChI=1S/C28H38N4O2S/c1-4-10-23(28(34)29-20-11-7-8-12-20)31-27(33)19-14-15-25-24(17-19)30-26(18-22-13-9-16-35-22)32(25)21(5-2)6-3/h9,13-17,20-21,23H,4-8,10-12,18H2,1-3H3,(H,29,34)(H,31,33)/t23-/m0/s1. The van der Waals surface area contributed by atoms with Crippen LogP contribution in [-0.2, 0) is 11.2 Å². The molecule has 1 atom stereocenters. The van der Waals surface area contributed by atoms with E-state index in [1.165, 1.54) is 4.88 Å². The third-order valence-corrected chi connectivity index (χ3v) is 8.02. The van der Waals surface area contributed by atoms with Crippen LogP contribution in [0.1, 0.15) is 99.2 Å². The molecule has 1 aliphatic carbocycles. The SMILES string of the molecule is CCC[C@H](NC(=O)c1ccc2c(c1)nc(Cc1cccs1)n2C(CC)CC)C(=O)NC1CCCC1. The lowest BCUT2D eigenvalue weighted by molar-refractivity contribution is -0.123. The first-order valence-corrected chi connectivity index (χ1v) is 14.1. The summed E-state index contributed by atoms with van der Waals surface area (Å²) in [6.45, 7) is 6.45. The average molecular weight is 495 g/mol. The first-order valence-electron chi connectivity index (χ1n) is 13.2. The van der Waals surface area contributed by atoms with Gasteiger partial charge in [-0.25, -0.2) is 4.98 Å². The van der Waals surface area contributed by atoms with Gasteiger partial charge in [-0.05, 0) is 61.7 Å². The monoisotopic (exact) mass is 494 g/mol. The lowest BCUT2D eigenvalue weighted by Crippen LogP contribution is -2.49. The molecular formula is C28H38N4O2S. The minimum atomic E-state index is -0.514.